The summed E-state index contributed by atoms with van der Waals surface area (Å²) in [6, 6.07) is 8.14. The first-order valence-electron chi connectivity index (χ1n) is 6.92. The summed E-state index contributed by atoms with van der Waals surface area (Å²) in [4.78, 5) is 2.30. The Morgan fingerprint density at radius 1 is 1.17 bits per heavy atom. The van der Waals surface area contributed by atoms with Crippen LogP contribution in [0.2, 0.25) is 0 Å². The standard InChI is InChI=1S/C16H27NO/c1-13(2)8-10-17(4)11-9-16(18)15-7-5-6-14(3)12-15/h5-7,12-13,16,18H,8-11H2,1-4H3. The Hall–Kier alpha value is -0.860. The molecule has 18 heavy (non-hydrogen) atoms. The van der Waals surface area contributed by atoms with Gasteiger partial charge < -0.3 is 10.0 Å². The summed E-state index contributed by atoms with van der Waals surface area (Å²) < 4.78 is 0. The number of aliphatic hydroxyl groups excluding tert-OH is 1. The molecule has 1 N–H and O–H groups in total. The monoisotopic (exact) mass is 249 g/mol. The molecule has 0 radical (unpaired) electrons. The van der Waals surface area contributed by atoms with Crippen molar-refractivity contribution in [2.45, 2.75) is 39.7 Å². The van der Waals surface area contributed by atoms with Crippen LogP contribution in [-0.4, -0.2) is 30.1 Å². The van der Waals surface area contributed by atoms with E-state index in [4.69, 9.17) is 0 Å². The highest BCUT2D eigenvalue weighted by atomic mass is 16.3. The van der Waals surface area contributed by atoms with E-state index in [1.165, 1.54) is 12.0 Å². The lowest BCUT2D eigenvalue weighted by Gasteiger charge is -2.20. The molecule has 0 saturated heterocycles. The zero-order valence-electron chi connectivity index (χ0n) is 12.2. The molecule has 0 aliphatic heterocycles. The lowest BCUT2D eigenvalue weighted by atomic mass is 10.0. The normalized spacial score (nSPS) is 13.3. The van der Waals surface area contributed by atoms with Crippen molar-refractivity contribution in [3.63, 3.8) is 0 Å². The van der Waals surface area contributed by atoms with Gasteiger partial charge in [0.25, 0.3) is 0 Å². The largest absolute Gasteiger partial charge is 0.388 e. The Kier molecular flexibility index (Phi) is 6.37. The fraction of sp³-hybridized carbons (Fsp3) is 0.625. The zero-order chi connectivity index (χ0) is 13.5. The molecule has 0 heterocycles. The van der Waals surface area contributed by atoms with Crippen LogP contribution in [0.15, 0.2) is 24.3 Å². The number of hydrogen-bond donors (Lipinski definition) is 1. The molecule has 0 aliphatic rings. The quantitative estimate of drug-likeness (QED) is 0.800. The topological polar surface area (TPSA) is 23.5 Å². The van der Waals surface area contributed by atoms with Gasteiger partial charge in [0.1, 0.15) is 0 Å². The Bertz CT molecular complexity index is 349. The number of rotatable bonds is 7. The molecule has 1 aromatic carbocycles. The predicted molar refractivity (Wildman–Crippen MR) is 77.7 cm³/mol. The van der Waals surface area contributed by atoms with E-state index >= 15 is 0 Å². The molecule has 2 nitrogen and oxygen atoms in total. The third-order valence-electron chi connectivity index (χ3n) is 3.30. The lowest BCUT2D eigenvalue weighted by molar-refractivity contribution is 0.148. The van der Waals surface area contributed by atoms with Crippen LogP contribution in [0.5, 0.6) is 0 Å². The van der Waals surface area contributed by atoms with Gasteiger partial charge in [-0.3, -0.25) is 0 Å². The highest BCUT2D eigenvalue weighted by molar-refractivity contribution is 5.23. The van der Waals surface area contributed by atoms with E-state index in [1.54, 1.807) is 0 Å². The molecule has 0 fully saturated rings. The number of aryl methyl sites for hydroxylation is 1. The first-order valence-corrected chi connectivity index (χ1v) is 6.92. The van der Waals surface area contributed by atoms with E-state index in [2.05, 4.69) is 44.9 Å². The Labute approximate surface area is 112 Å². The highest BCUT2D eigenvalue weighted by Gasteiger charge is 2.09. The van der Waals surface area contributed by atoms with Crippen molar-refractivity contribution in [1.82, 2.24) is 4.90 Å². The average molecular weight is 249 g/mol. The van der Waals surface area contributed by atoms with Crippen molar-refractivity contribution in [2.24, 2.45) is 5.92 Å². The van der Waals surface area contributed by atoms with Gasteiger partial charge in [0.05, 0.1) is 6.10 Å². The molecular weight excluding hydrogens is 222 g/mol. The van der Waals surface area contributed by atoms with Gasteiger partial charge in [0.2, 0.25) is 0 Å². The summed E-state index contributed by atoms with van der Waals surface area (Å²) in [7, 11) is 2.13. The van der Waals surface area contributed by atoms with Crippen molar-refractivity contribution >= 4 is 0 Å². The molecule has 0 spiro atoms. The lowest BCUT2D eigenvalue weighted by Crippen LogP contribution is -2.23. The zero-order valence-corrected chi connectivity index (χ0v) is 12.2. The Morgan fingerprint density at radius 2 is 1.83 bits per heavy atom. The number of nitrogens with zero attached hydrogens (tertiary/aromatic N) is 1. The minimum atomic E-state index is -0.341. The van der Waals surface area contributed by atoms with Gasteiger partial charge in [0, 0.05) is 6.54 Å². The third-order valence-corrected chi connectivity index (χ3v) is 3.30. The van der Waals surface area contributed by atoms with Crippen LogP contribution in [0.25, 0.3) is 0 Å². The molecular formula is C16H27NO. The fourth-order valence-corrected chi connectivity index (χ4v) is 1.98. The highest BCUT2D eigenvalue weighted by Crippen LogP contribution is 2.18. The van der Waals surface area contributed by atoms with Crippen molar-refractivity contribution in [3.05, 3.63) is 35.4 Å². The maximum absolute atomic E-state index is 10.1. The average Bonchev–Trinajstić information content (AvgIpc) is 2.33. The van der Waals surface area contributed by atoms with Crippen molar-refractivity contribution in [3.8, 4) is 0 Å². The molecule has 1 rings (SSSR count). The molecule has 0 aliphatic carbocycles. The second-order valence-corrected chi connectivity index (χ2v) is 5.70. The van der Waals surface area contributed by atoms with Crippen LogP contribution in [0.1, 0.15) is 43.9 Å². The third kappa shape index (κ3) is 5.65. The van der Waals surface area contributed by atoms with E-state index < -0.39 is 0 Å². The molecule has 0 bridgehead atoms. The summed E-state index contributed by atoms with van der Waals surface area (Å²) in [5.74, 6) is 0.745. The minimum absolute atomic E-state index is 0.341. The van der Waals surface area contributed by atoms with Crippen LogP contribution in [-0.2, 0) is 0 Å². The maximum atomic E-state index is 10.1. The SMILES string of the molecule is Cc1cccc(C(O)CCN(C)CCC(C)C)c1. The first kappa shape index (κ1) is 15.2. The Balaban J connectivity index is 2.34. The van der Waals surface area contributed by atoms with Crippen LogP contribution >= 0.6 is 0 Å². The maximum Gasteiger partial charge on any atom is 0.0802 e. The summed E-state index contributed by atoms with van der Waals surface area (Å²) in [5, 5.41) is 10.1. The number of hydrogen-bond acceptors (Lipinski definition) is 2. The van der Waals surface area contributed by atoms with Crippen LogP contribution in [0.4, 0.5) is 0 Å². The van der Waals surface area contributed by atoms with Gasteiger partial charge in [-0.05, 0) is 44.8 Å². The number of benzene rings is 1. The van der Waals surface area contributed by atoms with Crippen molar-refractivity contribution in [1.29, 1.82) is 0 Å². The van der Waals surface area contributed by atoms with Gasteiger partial charge in [0.15, 0.2) is 0 Å². The summed E-state index contributed by atoms with van der Waals surface area (Å²) in [6.45, 7) is 8.61. The van der Waals surface area contributed by atoms with Gasteiger partial charge in [-0.25, -0.2) is 0 Å². The van der Waals surface area contributed by atoms with E-state index in [-0.39, 0.29) is 6.10 Å². The van der Waals surface area contributed by atoms with Crippen LogP contribution < -0.4 is 0 Å². The van der Waals surface area contributed by atoms with E-state index in [9.17, 15) is 5.11 Å². The van der Waals surface area contributed by atoms with Gasteiger partial charge in [-0.1, -0.05) is 43.7 Å². The van der Waals surface area contributed by atoms with Crippen molar-refractivity contribution in [2.75, 3.05) is 20.1 Å². The summed E-state index contributed by atoms with van der Waals surface area (Å²) in [6.07, 6.45) is 1.68. The molecule has 0 aromatic heterocycles. The van der Waals surface area contributed by atoms with Crippen LogP contribution in [0, 0.1) is 12.8 Å². The molecule has 1 atom stereocenters. The summed E-state index contributed by atoms with van der Waals surface area (Å²) >= 11 is 0. The second kappa shape index (κ2) is 7.55. The van der Waals surface area contributed by atoms with E-state index in [1.807, 2.05) is 12.1 Å². The fourth-order valence-electron chi connectivity index (χ4n) is 1.98. The number of aliphatic hydroxyl groups is 1. The van der Waals surface area contributed by atoms with E-state index in [0.29, 0.717) is 0 Å². The van der Waals surface area contributed by atoms with Gasteiger partial charge in [-0.15, -0.1) is 0 Å². The molecule has 102 valence electrons. The molecule has 0 amide bonds. The summed E-state index contributed by atoms with van der Waals surface area (Å²) in [5.41, 5.74) is 2.24. The second-order valence-electron chi connectivity index (χ2n) is 5.70. The molecule has 1 unspecified atom stereocenters. The van der Waals surface area contributed by atoms with Gasteiger partial charge >= 0.3 is 0 Å². The minimum Gasteiger partial charge on any atom is -0.388 e. The molecule has 1 aromatic rings. The Morgan fingerprint density at radius 3 is 2.44 bits per heavy atom. The van der Waals surface area contributed by atoms with Crippen molar-refractivity contribution < 1.29 is 5.11 Å². The molecule has 0 saturated carbocycles. The van der Waals surface area contributed by atoms with Crippen LogP contribution in [0.3, 0.4) is 0 Å². The molecule has 2 heteroatoms. The van der Waals surface area contributed by atoms with Gasteiger partial charge in [-0.2, -0.15) is 0 Å². The van der Waals surface area contributed by atoms with E-state index in [0.717, 1.165) is 31.0 Å². The predicted octanol–water partition coefficient (Wildman–Crippen LogP) is 3.40. The smallest absolute Gasteiger partial charge is 0.0802 e. The first-order chi connectivity index (χ1) is 8.49.